The first kappa shape index (κ1) is 32.4. The molecule has 206 valence electrons. The molecule has 1 aliphatic heterocycles. The van der Waals surface area contributed by atoms with Crippen LogP contribution < -0.4 is 16.1 Å². The molecule has 1 saturated heterocycles. The van der Waals surface area contributed by atoms with Crippen molar-refractivity contribution in [3.63, 3.8) is 0 Å². The Labute approximate surface area is 227 Å². The average Bonchev–Trinajstić information content (AvgIpc) is 2.82. The van der Waals surface area contributed by atoms with E-state index in [4.69, 9.17) is 44.3 Å². The van der Waals surface area contributed by atoms with Gasteiger partial charge in [-0.15, -0.1) is 0 Å². The molecule has 0 aromatic heterocycles. The molecule has 0 aliphatic carbocycles. The number of methoxy groups -OCH3 is 1. The summed E-state index contributed by atoms with van der Waals surface area (Å²) >= 11 is 16.8. The van der Waals surface area contributed by atoms with Gasteiger partial charge in [0.2, 0.25) is 15.6 Å². The number of rotatable bonds is 11. The molecule has 36 heavy (non-hydrogen) atoms. The Balaban J connectivity index is 2.76. The second kappa shape index (κ2) is 15.0. The van der Waals surface area contributed by atoms with E-state index < -0.39 is 58.3 Å². The Morgan fingerprint density at radius 3 is 2.28 bits per heavy atom. The summed E-state index contributed by atoms with van der Waals surface area (Å²) in [5.41, 5.74) is 2.81. The Hall–Kier alpha value is -1.59. The van der Waals surface area contributed by atoms with Crippen molar-refractivity contribution in [3.8, 4) is 0 Å². The lowest BCUT2D eigenvalue weighted by atomic mass is 9.99. The first-order valence-corrected chi connectivity index (χ1v) is 12.9. The van der Waals surface area contributed by atoms with Crippen molar-refractivity contribution in [2.24, 2.45) is 11.8 Å². The Bertz CT molecular complexity index is 805. The molecule has 0 spiro atoms. The van der Waals surface area contributed by atoms with Crippen LogP contribution in [-0.4, -0.2) is 77.0 Å². The molecule has 0 aromatic rings. The molecule has 1 fully saturated rings. The maximum atomic E-state index is 13.0. The highest BCUT2D eigenvalue weighted by molar-refractivity contribution is 6.67. The number of esters is 1. The number of amides is 3. The van der Waals surface area contributed by atoms with Crippen molar-refractivity contribution in [2.75, 3.05) is 20.3 Å². The number of alkyl halides is 3. The zero-order chi connectivity index (χ0) is 27.6. The second-order valence-electron chi connectivity index (χ2n) is 9.01. The number of hydrogen-bond acceptors (Lipinski definition) is 7. The Kier molecular flexibility index (Phi) is 13.5. The molecular formula is C23H37Cl3N4O6. The normalized spacial score (nSPS) is 19.9. The van der Waals surface area contributed by atoms with Gasteiger partial charge in [0.1, 0.15) is 24.7 Å². The molecule has 1 aliphatic rings. The lowest BCUT2D eigenvalue weighted by molar-refractivity contribution is -0.152. The maximum absolute atomic E-state index is 13.0. The van der Waals surface area contributed by atoms with E-state index >= 15 is 0 Å². The summed E-state index contributed by atoms with van der Waals surface area (Å²) < 4.78 is 8.59. The molecule has 3 N–H and O–H groups in total. The third-order valence-electron chi connectivity index (χ3n) is 5.65. The number of nitrogens with one attached hydrogen (secondary N) is 3. The quantitative estimate of drug-likeness (QED) is 0.197. The van der Waals surface area contributed by atoms with Gasteiger partial charge < -0.3 is 20.1 Å². The van der Waals surface area contributed by atoms with Crippen LogP contribution in [0.2, 0.25) is 0 Å². The van der Waals surface area contributed by atoms with E-state index in [1.165, 1.54) is 19.0 Å². The van der Waals surface area contributed by atoms with Crippen molar-refractivity contribution in [2.45, 2.75) is 75.5 Å². The van der Waals surface area contributed by atoms with Gasteiger partial charge in [-0.2, -0.15) is 0 Å². The number of nitrogens with zero attached hydrogens (tertiary/aromatic N) is 1. The van der Waals surface area contributed by atoms with Gasteiger partial charge in [-0.25, -0.2) is 5.43 Å². The standard InChI is InChI=1S/C23H37Cl3N4O6/c1-7-9-17(35-6)14(4)19(31)28-18(13(2)3)20(32)27-15(5)21(33)30-11-8-10-16(29-30)22(34)36-12-23(24,25)26/h7,9,13-18,29H,8,10-12H2,1-6H3,(H,27,32)(H,28,31)/t14-,15+,16+,17-,18+/m1/s1. The van der Waals surface area contributed by atoms with E-state index in [0.717, 1.165) is 0 Å². The molecule has 13 heteroatoms. The van der Waals surface area contributed by atoms with Crippen molar-refractivity contribution < 1.29 is 28.7 Å². The largest absolute Gasteiger partial charge is 0.460 e. The summed E-state index contributed by atoms with van der Waals surface area (Å²) in [5, 5.41) is 6.69. The van der Waals surface area contributed by atoms with Gasteiger partial charge in [-0.1, -0.05) is 67.7 Å². The van der Waals surface area contributed by atoms with Crippen LogP contribution in [-0.2, 0) is 28.7 Å². The van der Waals surface area contributed by atoms with E-state index in [1.807, 2.05) is 6.92 Å². The third kappa shape index (κ3) is 10.4. The predicted molar refractivity (Wildman–Crippen MR) is 138 cm³/mol. The van der Waals surface area contributed by atoms with Crippen molar-refractivity contribution in [3.05, 3.63) is 12.2 Å². The number of carbonyl (C=O) groups is 4. The molecule has 10 nitrogen and oxygen atoms in total. The number of hydrogen-bond donors (Lipinski definition) is 3. The third-order valence-corrected chi connectivity index (χ3v) is 5.98. The monoisotopic (exact) mass is 570 g/mol. The van der Waals surface area contributed by atoms with Crippen LogP contribution >= 0.6 is 34.8 Å². The average molecular weight is 572 g/mol. The van der Waals surface area contributed by atoms with Crippen LogP contribution in [0, 0.1) is 11.8 Å². The van der Waals surface area contributed by atoms with Gasteiger partial charge >= 0.3 is 5.97 Å². The summed E-state index contributed by atoms with van der Waals surface area (Å²) in [5.74, 6) is -2.72. The molecule has 5 atom stereocenters. The van der Waals surface area contributed by atoms with Gasteiger partial charge in [0.15, 0.2) is 0 Å². The summed E-state index contributed by atoms with van der Waals surface area (Å²) in [7, 11) is 1.51. The summed E-state index contributed by atoms with van der Waals surface area (Å²) in [6.07, 6.45) is 4.08. The van der Waals surface area contributed by atoms with E-state index in [-0.39, 0.29) is 11.8 Å². The summed E-state index contributed by atoms with van der Waals surface area (Å²) in [6.45, 7) is 8.56. The Morgan fingerprint density at radius 1 is 1.11 bits per heavy atom. The van der Waals surface area contributed by atoms with Crippen molar-refractivity contribution in [1.82, 2.24) is 21.1 Å². The zero-order valence-corrected chi connectivity index (χ0v) is 23.7. The lowest BCUT2D eigenvalue weighted by Crippen LogP contribution is -2.61. The van der Waals surface area contributed by atoms with Crippen LogP contribution in [0.3, 0.4) is 0 Å². The number of carbonyl (C=O) groups excluding carboxylic acids is 4. The number of hydrazine groups is 1. The molecule has 0 aromatic carbocycles. The minimum absolute atomic E-state index is 0.239. The fourth-order valence-electron chi connectivity index (χ4n) is 3.58. The van der Waals surface area contributed by atoms with E-state index in [0.29, 0.717) is 19.4 Å². The molecule has 3 amide bonds. The molecule has 0 saturated carbocycles. The van der Waals surface area contributed by atoms with Crippen LogP contribution in [0.1, 0.15) is 47.5 Å². The minimum Gasteiger partial charge on any atom is -0.460 e. The molecule has 0 radical (unpaired) electrons. The van der Waals surface area contributed by atoms with Gasteiger partial charge in [0.25, 0.3) is 5.91 Å². The summed E-state index contributed by atoms with van der Waals surface area (Å²) in [6, 6.07) is -2.59. The highest BCUT2D eigenvalue weighted by Crippen LogP contribution is 2.26. The van der Waals surface area contributed by atoms with Crippen LogP contribution in [0.5, 0.6) is 0 Å². The van der Waals surface area contributed by atoms with E-state index in [2.05, 4.69) is 16.1 Å². The summed E-state index contributed by atoms with van der Waals surface area (Å²) in [4.78, 5) is 51.0. The number of ether oxygens (including phenoxy) is 2. The van der Waals surface area contributed by atoms with Crippen LogP contribution in [0.4, 0.5) is 0 Å². The maximum Gasteiger partial charge on any atom is 0.325 e. The van der Waals surface area contributed by atoms with Crippen molar-refractivity contribution >= 4 is 58.5 Å². The second-order valence-corrected chi connectivity index (χ2v) is 11.5. The smallest absolute Gasteiger partial charge is 0.325 e. The molecule has 0 unspecified atom stereocenters. The Morgan fingerprint density at radius 2 is 1.75 bits per heavy atom. The SMILES string of the molecule is CC=C[C@@H](OC)[C@@H](C)C(=O)N[C@H](C(=O)N[C@@H](C)C(=O)N1CCC[C@@H](C(=O)OCC(Cl)(Cl)Cl)N1)C(C)C. The predicted octanol–water partition coefficient (Wildman–Crippen LogP) is 2.27. The highest BCUT2D eigenvalue weighted by atomic mass is 35.6. The lowest BCUT2D eigenvalue weighted by Gasteiger charge is -2.35. The number of halogens is 3. The molecule has 0 bridgehead atoms. The first-order valence-electron chi connectivity index (χ1n) is 11.8. The van der Waals surface area contributed by atoms with Gasteiger partial charge in [-0.05, 0) is 32.6 Å². The molecule has 1 heterocycles. The topological polar surface area (TPSA) is 126 Å². The first-order chi connectivity index (χ1) is 16.7. The number of allylic oxidation sites excluding steroid dienone is 1. The van der Waals surface area contributed by atoms with Gasteiger partial charge in [0.05, 0.1) is 12.0 Å². The van der Waals surface area contributed by atoms with Crippen LogP contribution in [0.15, 0.2) is 12.2 Å². The highest BCUT2D eigenvalue weighted by Gasteiger charge is 2.35. The van der Waals surface area contributed by atoms with Gasteiger partial charge in [-0.3, -0.25) is 24.2 Å². The van der Waals surface area contributed by atoms with E-state index in [1.54, 1.807) is 32.9 Å². The van der Waals surface area contributed by atoms with E-state index in [9.17, 15) is 19.2 Å². The fraction of sp³-hybridized carbons (Fsp3) is 0.739. The zero-order valence-electron chi connectivity index (χ0n) is 21.5. The van der Waals surface area contributed by atoms with Gasteiger partial charge in [0, 0.05) is 13.7 Å². The minimum atomic E-state index is -1.74. The molecular weight excluding hydrogens is 535 g/mol. The van der Waals surface area contributed by atoms with Crippen LogP contribution in [0.25, 0.3) is 0 Å². The van der Waals surface area contributed by atoms with Crippen molar-refractivity contribution in [1.29, 1.82) is 0 Å². The molecule has 1 rings (SSSR count). The fourth-order valence-corrected chi connectivity index (χ4v) is 3.74.